The number of amides is 1. The normalized spacial score (nSPS) is 17.7. The van der Waals surface area contributed by atoms with Crippen LogP contribution < -0.4 is 9.80 Å². The Labute approximate surface area is 169 Å². The highest BCUT2D eigenvalue weighted by Crippen LogP contribution is 2.21. The lowest BCUT2D eigenvalue weighted by molar-refractivity contribution is 0.0746. The fraction of sp³-hybridized carbons (Fsp3) is 0.450. The summed E-state index contributed by atoms with van der Waals surface area (Å²) in [5.74, 6) is 1.97. The summed E-state index contributed by atoms with van der Waals surface area (Å²) in [4.78, 5) is 29.2. The van der Waals surface area contributed by atoms with E-state index in [0.717, 1.165) is 56.6 Å². The van der Waals surface area contributed by atoms with Crippen LogP contribution in [0.15, 0.2) is 41.6 Å². The maximum atomic E-state index is 12.8. The second-order valence-corrected chi connectivity index (χ2v) is 7.72. The highest BCUT2D eigenvalue weighted by molar-refractivity contribution is 7.98. The van der Waals surface area contributed by atoms with Gasteiger partial charge in [-0.05, 0) is 30.5 Å². The first-order valence-corrected chi connectivity index (χ1v) is 10.8. The number of anilines is 2. The van der Waals surface area contributed by atoms with E-state index in [2.05, 4.69) is 19.8 Å². The van der Waals surface area contributed by atoms with E-state index < -0.39 is 0 Å². The van der Waals surface area contributed by atoms with Gasteiger partial charge in [-0.15, -0.1) is 11.8 Å². The van der Waals surface area contributed by atoms with Crippen LogP contribution in [0.4, 0.5) is 11.6 Å². The Morgan fingerprint density at radius 1 is 0.929 bits per heavy atom. The standard InChI is InChI=1S/C20H25N5O2S/c1-28-17-4-2-16(3-5-17)20(26)25-8-6-23(7-9-25)18-14-19(22-15-21-18)24-10-12-27-13-11-24/h2-5,14-15H,6-13H2,1H3. The number of carbonyl (C=O) groups excluding carboxylic acids is 1. The summed E-state index contributed by atoms with van der Waals surface area (Å²) in [5, 5.41) is 0. The number of rotatable bonds is 4. The lowest BCUT2D eigenvalue weighted by Gasteiger charge is -2.36. The van der Waals surface area contributed by atoms with Gasteiger partial charge < -0.3 is 19.4 Å². The average Bonchev–Trinajstić information content (AvgIpc) is 2.79. The number of hydrogen-bond acceptors (Lipinski definition) is 7. The molecule has 4 rings (SSSR count). The second kappa shape index (κ2) is 8.79. The van der Waals surface area contributed by atoms with Crippen molar-refractivity contribution in [3.63, 3.8) is 0 Å². The van der Waals surface area contributed by atoms with E-state index in [0.29, 0.717) is 13.1 Å². The lowest BCUT2D eigenvalue weighted by atomic mass is 10.2. The molecule has 0 atom stereocenters. The Morgan fingerprint density at radius 3 is 2.14 bits per heavy atom. The molecule has 148 valence electrons. The number of morpholine rings is 1. The zero-order valence-corrected chi connectivity index (χ0v) is 16.9. The first kappa shape index (κ1) is 19.0. The Balaban J connectivity index is 1.37. The fourth-order valence-corrected chi connectivity index (χ4v) is 3.94. The second-order valence-electron chi connectivity index (χ2n) is 6.84. The predicted molar refractivity (Wildman–Crippen MR) is 111 cm³/mol. The average molecular weight is 400 g/mol. The van der Waals surface area contributed by atoms with Crippen molar-refractivity contribution in [2.45, 2.75) is 4.90 Å². The number of ether oxygens (including phenoxy) is 1. The molecule has 0 unspecified atom stereocenters. The molecular formula is C20H25N5O2S. The van der Waals surface area contributed by atoms with Gasteiger partial charge in [0, 0.05) is 55.8 Å². The van der Waals surface area contributed by atoms with E-state index >= 15 is 0 Å². The minimum Gasteiger partial charge on any atom is -0.378 e. The molecule has 2 aliphatic heterocycles. The van der Waals surface area contributed by atoms with Crippen LogP contribution in [-0.2, 0) is 4.74 Å². The molecule has 0 bridgehead atoms. The summed E-state index contributed by atoms with van der Waals surface area (Å²) >= 11 is 1.68. The third-order valence-electron chi connectivity index (χ3n) is 5.20. The number of hydrogen-bond donors (Lipinski definition) is 0. The fourth-order valence-electron chi connectivity index (χ4n) is 3.53. The molecule has 2 aliphatic rings. The molecular weight excluding hydrogens is 374 g/mol. The summed E-state index contributed by atoms with van der Waals surface area (Å²) in [6.45, 7) is 6.11. The largest absolute Gasteiger partial charge is 0.378 e. The molecule has 8 heteroatoms. The molecule has 28 heavy (non-hydrogen) atoms. The third kappa shape index (κ3) is 4.23. The molecule has 1 amide bonds. The van der Waals surface area contributed by atoms with Crippen LogP contribution in [0, 0.1) is 0 Å². The van der Waals surface area contributed by atoms with Crippen molar-refractivity contribution in [1.82, 2.24) is 14.9 Å². The quantitative estimate of drug-likeness (QED) is 0.729. The zero-order chi connectivity index (χ0) is 19.3. The molecule has 2 saturated heterocycles. The third-order valence-corrected chi connectivity index (χ3v) is 5.94. The maximum Gasteiger partial charge on any atom is 0.253 e. The van der Waals surface area contributed by atoms with Gasteiger partial charge in [0.1, 0.15) is 18.0 Å². The lowest BCUT2D eigenvalue weighted by Crippen LogP contribution is -2.49. The number of benzene rings is 1. The number of carbonyl (C=O) groups is 1. The minimum atomic E-state index is 0.101. The maximum absolute atomic E-state index is 12.8. The van der Waals surface area contributed by atoms with Gasteiger partial charge in [-0.1, -0.05) is 0 Å². The summed E-state index contributed by atoms with van der Waals surface area (Å²) in [6.07, 6.45) is 3.67. The van der Waals surface area contributed by atoms with Crippen molar-refractivity contribution >= 4 is 29.3 Å². The number of piperazine rings is 1. The molecule has 0 aliphatic carbocycles. The van der Waals surface area contributed by atoms with Crippen molar-refractivity contribution in [1.29, 1.82) is 0 Å². The minimum absolute atomic E-state index is 0.101. The predicted octanol–water partition coefficient (Wildman–Crippen LogP) is 2.00. The van der Waals surface area contributed by atoms with Gasteiger partial charge >= 0.3 is 0 Å². The molecule has 1 aromatic heterocycles. The van der Waals surface area contributed by atoms with Crippen molar-refractivity contribution in [2.75, 3.05) is 68.5 Å². The topological polar surface area (TPSA) is 61.8 Å². The molecule has 2 aromatic rings. The van der Waals surface area contributed by atoms with Gasteiger partial charge in [0.05, 0.1) is 13.2 Å². The number of nitrogens with zero attached hydrogens (tertiary/aromatic N) is 5. The molecule has 0 saturated carbocycles. The van der Waals surface area contributed by atoms with Gasteiger partial charge in [0.25, 0.3) is 5.91 Å². The van der Waals surface area contributed by atoms with Gasteiger partial charge in [-0.3, -0.25) is 4.79 Å². The van der Waals surface area contributed by atoms with E-state index in [-0.39, 0.29) is 5.91 Å². The molecule has 0 N–H and O–H groups in total. The van der Waals surface area contributed by atoms with Gasteiger partial charge in [-0.2, -0.15) is 0 Å². The molecule has 0 spiro atoms. The van der Waals surface area contributed by atoms with Gasteiger partial charge in [-0.25, -0.2) is 9.97 Å². The van der Waals surface area contributed by atoms with E-state index in [1.165, 1.54) is 4.90 Å². The summed E-state index contributed by atoms with van der Waals surface area (Å²) in [6, 6.07) is 9.88. The zero-order valence-electron chi connectivity index (χ0n) is 16.1. The Kier molecular flexibility index (Phi) is 5.97. The summed E-state index contributed by atoms with van der Waals surface area (Å²) in [7, 11) is 0. The van der Waals surface area contributed by atoms with Crippen molar-refractivity contribution in [3.05, 3.63) is 42.2 Å². The molecule has 2 fully saturated rings. The highest BCUT2D eigenvalue weighted by Gasteiger charge is 2.23. The van der Waals surface area contributed by atoms with Crippen molar-refractivity contribution in [3.8, 4) is 0 Å². The van der Waals surface area contributed by atoms with Gasteiger partial charge in [0.15, 0.2) is 0 Å². The van der Waals surface area contributed by atoms with Crippen molar-refractivity contribution in [2.24, 2.45) is 0 Å². The molecule has 1 aromatic carbocycles. The van der Waals surface area contributed by atoms with E-state index in [1.807, 2.05) is 41.5 Å². The van der Waals surface area contributed by atoms with Crippen LogP contribution in [0.1, 0.15) is 10.4 Å². The molecule has 3 heterocycles. The smallest absolute Gasteiger partial charge is 0.253 e. The van der Waals surface area contributed by atoms with Crippen LogP contribution in [-0.4, -0.2) is 79.5 Å². The van der Waals surface area contributed by atoms with Crippen LogP contribution in [0.2, 0.25) is 0 Å². The Morgan fingerprint density at radius 2 is 1.54 bits per heavy atom. The first-order valence-electron chi connectivity index (χ1n) is 9.57. The first-order chi connectivity index (χ1) is 13.7. The van der Waals surface area contributed by atoms with E-state index in [1.54, 1.807) is 18.1 Å². The van der Waals surface area contributed by atoms with E-state index in [4.69, 9.17) is 4.74 Å². The molecule has 7 nitrogen and oxygen atoms in total. The number of aromatic nitrogens is 2. The van der Waals surface area contributed by atoms with Gasteiger partial charge in [0.2, 0.25) is 0 Å². The highest BCUT2D eigenvalue weighted by atomic mass is 32.2. The SMILES string of the molecule is CSc1ccc(C(=O)N2CCN(c3cc(N4CCOCC4)ncn3)CC2)cc1. The summed E-state index contributed by atoms with van der Waals surface area (Å²) in [5.41, 5.74) is 0.753. The van der Waals surface area contributed by atoms with Crippen molar-refractivity contribution < 1.29 is 9.53 Å². The number of thioether (sulfide) groups is 1. The van der Waals surface area contributed by atoms with Crippen LogP contribution >= 0.6 is 11.8 Å². The monoisotopic (exact) mass is 399 g/mol. The summed E-state index contributed by atoms with van der Waals surface area (Å²) < 4.78 is 5.42. The Bertz CT molecular complexity index is 802. The van der Waals surface area contributed by atoms with Crippen LogP contribution in [0.5, 0.6) is 0 Å². The Hall–Kier alpha value is -2.32. The molecule has 0 radical (unpaired) electrons. The van der Waals surface area contributed by atoms with Crippen LogP contribution in [0.25, 0.3) is 0 Å². The van der Waals surface area contributed by atoms with E-state index in [9.17, 15) is 4.79 Å². The van der Waals surface area contributed by atoms with Crippen LogP contribution in [0.3, 0.4) is 0 Å².